The maximum atomic E-state index is 5.67. The molecule has 5 nitrogen and oxygen atoms in total. The molecule has 0 aliphatic carbocycles. The topological polar surface area (TPSA) is 77.6 Å². The standard InChI is InChI=1S/C12H15N5/c1-8(2)11-15-10(16-12(13)17-11)7-9-5-3-4-6-14-9/h3-6,8H,7H2,1-2H3,(H2,13,15,16,17). The van der Waals surface area contributed by atoms with Crippen molar-refractivity contribution in [2.24, 2.45) is 0 Å². The molecule has 0 saturated heterocycles. The molecule has 5 heteroatoms. The van der Waals surface area contributed by atoms with E-state index in [1.54, 1.807) is 6.20 Å². The Bertz CT molecular complexity index is 496. The first-order valence-corrected chi connectivity index (χ1v) is 5.55. The van der Waals surface area contributed by atoms with E-state index < -0.39 is 0 Å². The van der Waals surface area contributed by atoms with E-state index in [9.17, 15) is 0 Å². The van der Waals surface area contributed by atoms with Crippen molar-refractivity contribution in [3.63, 3.8) is 0 Å². The van der Waals surface area contributed by atoms with Crippen LogP contribution in [-0.2, 0) is 6.42 Å². The summed E-state index contributed by atoms with van der Waals surface area (Å²) in [6.07, 6.45) is 2.33. The van der Waals surface area contributed by atoms with E-state index in [1.165, 1.54) is 0 Å². The van der Waals surface area contributed by atoms with Crippen molar-refractivity contribution in [2.75, 3.05) is 5.73 Å². The second kappa shape index (κ2) is 4.86. The summed E-state index contributed by atoms with van der Waals surface area (Å²) >= 11 is 0. The van der Waals surface area contributed by atoms with E-state index in [-0.39, 0.29) is 11.9 Å². The number of nitrogen functional groups attached to an aromatic ring is 1. The fraction of sp³-hybridized carbons (Fsp3) is 0.333. The van der Waals surface area contributed by atoms with Gasteiger partial charge in [-0.2, -0.15) is 9.97 Å². The van der Waals surface area contributed by atoms with Gasteiger partial charge in [0.2, 0.25) is 5.95 Å². The number of hydrogen-bond acceptors (Lipinski definition) is 5. The van der Waals surface area contributed by atoms with Crippen LogP contribution in [0, 0.1) is 0 Å². The molecule has 0 amide bonds. The third-order valence-corrected chi connectivity index (χ3v) is 2.30. The van der Waals surface area contributed by atoms with E-state index in [0.29, 0.717) is 12.2 Å². The smallest absolute Gasteiger partial charge is 0.223 e. The van der Waals surface area contributed by atoms with Gasteiger partial charge in [0.15, 0.2) is 0 Å². The highest BCUT2D eigenvalue weighted by molar-refractivity contribution is 5.19. The van der Waals surface area contributed by atoms with Crippen molar-refractivity contribution in [1.29, 1.82) is 0 Å². The van der Waals surface area contributed by atoms with Crippen LogP contribution >= 0.6 is 0 Å². The molecule has 2 aromatic heterocycles. The van der Waals surface area contributed by atoms with Gasteiger partial charge in [0.25, 0.3) is 0 Å². The zero-order valence-electron chi connectivity index (χ0n) is 9.96. The first-order chi connectivity index (χ1) is 8.15. The van der Waals surface area contributed by atoms with Crippen molar-refractivity contribution in [3.05, 3.63) is 41.7 Å². The highest BCUT2D eigenvalue weighted by atomic mass is 15.1. The summed E-state index contributed by atoms with van der Waals surface area (Å²) in [5.41, 5.74) is 6.59. The van der Waals surface area contributed by atoms with E-state index in [4.69, 9.17) is 5.73 Å². The quantitative estimate of drug-likeness (QED) is 0.864. The Morgan fingerprint density at radius 2 is 2.00 bits per heavy atom. The summed E-state index contributed by atoms with van der Waals surface area (Å²) in [7, 11) is 0. The third-order valence-electron chi connectivity index (χ3n) is 2.30. The Balaban J connectivity index is 2.27. The number of nitrogens with zero attached hydrogens (tertiary/aromatic N) is 4. The lowest BCUT2D eigenvalue weighted by Gasteiger charge is -2.06. The second-order valence-electron chi connectivity index (χ2n) is 4.12. The average molecular weight is 229 g/mol. The van der Waals surface area contributed by atoms with Gasteiger partial charge in [0, 0.05) is 17.8 Å². The minimum atomic E-state index is 0.239. The summed E-state index contributed by atoms with van der Waals surface area (Å²) in [5, 5.41) is 0. The molecule has 0 saturated carbocycles. The van der Waals surface area contributed by atoms with Gasteiger partial charge in [-0.15, -0.1) is 0 Å². The van der Waals surface area contributed by atoms with Crippen molar-refractivity contribution in [2.45, 2.75) is 26.2 Å². The molecule has 2 N–H and O–H groups in total. The molecule has 0 bridgehead atoms. The number of pyridine rings is 1. The second-order valence-corrected chi connectivity index (χ2v) is 4.12. The van der Waals surface area contributed by atoms with Gasteiger partial charge in [-0.25, -0.2) is 4.98 Å². The molecule has 0 aromatic carbocycles. The molecule has 2 aromatic rings. The maximum absolute atomic E-state index is 5.67. The maximum Gasteiger partial charge on any atom is 0.223 e. The molecule has 2 heterocycles. The number of rotatable bonds is 3. The lowest BCUT2D eigenvalue weighted by Crippen LogP contribution is -2.09. The summed E-state index contributed by atoms with van der Waals surface area (Å²) in [6.45, 7) is 4.05. The van der Waals surface area contributed by atoms with E-state index in [2.05, 4.69) is 19.9 Å². The molecule has 0 radical (unpaired) electrons. The molecule has 0 unspecified atom stereocenters. The molecule has 2 rings (SSSR count). The number of nitrogens with two attached hydrogens (primary N) is 1. The average Bonchev–Trinajstić information content (AvgIpc) is 2.29. The minimum Gasteiger partial charge on any atom is -0.368 e. The number of anilines is 1. The van der Waals surface area contributed by atoms with Gasteiger partial charge < -0.3 is 5.73 Å². The summed E-state index contributed by atoms with van der Waals surface area (Å²) in [5.74, 6) is 1.90. The molecule has 0 spiro atoms. The van der Waals surface area contributed by atoms with Gasteiger partial charge in [0.1, 0.15) is 11.6 Å². The Kier molecular flexibility index (Phi) is 3.27. The van der Waals surface area contributed by atoms with Gasteiger partial charge in [0.05, 0.1) is 6.42 Å². The van der Waals surface area contributed by atoms with Crippen LogP contribution in [0.5, 0.6) is 0 Å². The van der Waals surface area contributed by atoms with Crippen LogP contribution in [0.2, 0.25) is 0 Å². The minimum absolute atomic E-state index is 0.239. The van der Waals surface area contributed by atoms with Crippen LogP contribution in [0.4, 0.5) is 5.95 Å². The molecule has 17 heavy (non-hydrogen) atoms. The normalized spacial score (nSPS) is 10.8. The van der Waals surface area contributed by atoms with Crippen LogP contribution in [0.1, 0.15) is 37.1 Å². The first kappa shape index (κ1) is 11.4. The van der Waals surface area contributed by atoms with Crippen LogP contribution in [0.25, 0.3) is 0 Å². The van der Waals surface area contributed by atoms with Crippen molar-refractivity contribution >= 4 is 5.95 Å². The molecule has 0 atom stereocenters. The molecule has 88 valence electrons. The SMILES string of the molecule is CC(C)c1nc(N)nc(Cc2ccccn2)n1. The van der Waals surface area contributed by atoms with Crippen LogP contribution in [0.15, 0.2) is 24.4 Å². The fourth-order valence-corrected chi connectivity index (χ4v) is 1.46. The van der Waals surface area contributed by atoms with Crippen LogP contribution < -0.4 is 5.73 Å². The van der Waals surface area contributed by atoms with Crippen LogP contribution in [0.3, 0.4) is 0 Å². The van der Waals surface area contributed by atoms with E-state index in [0.717, 1.165) is 11.5 Å². The Hall–Kier alpha value is -2.04. The zero-order valence-corrected chi connectivity index (χ0v) is 9.96. The lowest BCUT2D eigenvalue weighted by molar-refractivity contribution is 0.741. The van der Waals surface area contributed by atoms with E-state index in [1.807, 2.05) is 32.0 Å². The van der Waals surface area contributed by atoms with Gasteiger partial charge in [-0.3, -0.25) is 4.98 Å². The van der Waals surface area contributed by atoms with Gasteiger partial charge in [-0.05, 0) is 12.1 Å². The van der Waals surface area contributed by atoms with Crippen molar-refractivity contribution in [3.8, 4) is 0 Å². The van der Waals surface area contributed by atoms with Gasteiger partial charge >= 0.3 is 0 Å². The Morgan fingerprint density at radius 1 is 1.18 bits per heavy atom. The monoisotopic (exact) mass is 229 g/mol. The predicted octanol–water partition coefficient (Wildman–Crippen LogP) is 1.56. The fourth-order valence-electron chi connectivity index (χ4n) is 1.46. The zero-order chi connectivity index (χ0) is 12.3. The Morgan fingerprint density at radius 3 is 2.65 bits per heavy atom. The van der Waals surface area contributed by atoms with E-state index >= 15 is 0 Å². The Labute approximate surface area is 100 Å². The predicted molar refractivity (Wildman–Crippen MR) is 65.4 cm³/mol. The molecule has 0 aliphatic rings. The molecular formula is C12H15N5. The first-order valence-electron chi connectivity index (χ1n) is 5.55. The largest absolute Gasteiger partial charge is 0.368 e. The lowest BCUT2D eigenvalue weighted by atomic mass is 10.2. The van der Waals surface area contributed by atoms with Crippen molar-refractivity contribution < 1.29 is 0 Å². The van der Waals surface area contributed by atoms with Gasteiger partial charge in [-0.1, -0.05) is 19.9 Å². The summed E-state index contributed by atoms with van der Waals surface area (Å²) < 4.78 is 0. The van der Waals surface area contributed by atoms with Crippen molar-refractivity contribution in [1.82, 2.24) is 19.9 Å². The number of aromatic nitrogens is 4. The highest BCUT2D eigenvalue weighted by Gasteiger charge is 2.08. The number of hydrogen-bond donors (Lipinski definition) is 1. The summed E-state index contributed by atoms with van der Waals surface area (Å²) in [6, 6.07) is 5.76. The highest BCUT2D eigenvalue weighted by Crippen LogP contribution is 2.11. The van der Waals surface area contributed by atoms with Crippen LogP contribution in [-0.4, -0.2) is 19.9 Å². The molecule has 0 aliphatic heterocycles. The summed E-state index contributed by atoms with van der Waals surface area (Å²) in [4.78, 5) is 16.9. The molecule has 0 fully saturated rings. The molecular weight excluding hydrogens is 214 g/mol. The third kappa shape index (κ3) is 2.96.